The number of carboxylic acid groups (broad SMARTS) is 2. The fraction of sp³-hybridized carbons (Fsp3) is 0.214. The fourth-order valence-electron chi connectivity index (χ4n) is 3.14. The van der Waals surface area contributed by atoms with Crippen LogP contribution in [0.2, 0.25) is 0 Å². The summed E-state index contributed by atoms with van der Waals surface area (Å²) in [4.78, 5) is 19.1. The number of benzene rings is 3. The van der Waals surface area contributed by atoms with Crippen molar-refractivity contribution in [1.82, 2.24) is 5.32 Å². The highest BCUT2D eigenvalue weighted by molar-refractivity contribution is 5.89. The van der Waals surface area contributed by atoms with E-state index >= 15 is 0 Å². The van der Waals surface area contributed by atoms with E-state index in [1.807, 2.05) is 38.1 Å². The lowest BCUT2D eigenvalue weighted by atomic mass is 10.00. The van der Waals surface area contributed by atoms with Crippen LogP contribution in [-0.2, 0) is 15.8 Å². The minimum absolute atomic E-state index is 0.132. The minimum Gasteiger partial charge on any atom is -0.478 e. The maximum Gasteiger partial charge on any atom is 0.416 e. The van der Waals surface area contributed by atoms with E-state index < -0.39 is 23.7 Å². The molecule has 0 saturated heterocycles. The maximum atomic E-state index is 12.7. The summed E-state index contributed by atoms with van der Waals surface area (Å²) in [6.07, 6.45) is 0.352. The minimum atomic E-state index is -4.31. The number of alkyl halides is 3. The van der Waals surface area contributed by atoms with Gasteiger partial charge >= 0.3 is 18.1 Å². The number of nitrogens with one attached hydrogen (secondary N) is 1. The fourth-order valence-corrected chi connectivity index (χ4v) is 3.14. The zero-order chi connectivity index (χ0) is 27.1. The van der Waals surface area contributed by atoms with Crippen molar-refractivity contribution in [3.05, 3.63) is 102 Å². The molecule has 3 rings (SSSR count). The van der Waals surface area contributed by atoms with Crippen LogP contribution < -0.4 is 5.32 Å². The van der Waals surface area contributed by atoms with Crippen LogP contribution in [0, 0.1) is 0 Å². The molecule has 0 aliphatic carbocycles. The molecule has 0 aliphatic rings. The van der Waals surface area contributed by atoms with E-state index in [4.69, 9.17) is 10.2 Å². The Labute approximate surface area is 208 Å². The summed E-state index contributed by atoms with van der Waals surface area (Å²) >= 11 is 0. The molecule has 0 heterocycles. The molecule has 192 valence electrons. The third-order valence-electron chi connectivity index (χ3n) is 4.72. The van der Waals surface area contributed by atoms with Gasteiger partial charge < -0.3 is 15.5 Å². The molecular formula is C28H30F3NO4. The molecule has 1 unspecified atom stereocenters. The Morgan fingerprint density at radius 1 is 0.917 bits per heavy atom. The van der Waals surface area contributed by atoms with Gasteiger partial charge in [0.2, 0.25) is 0 Å². The average Bonchev–Trinajstić information content (AvgIpc) is 2.86. The van der Waals surface area contributed by atoms with Crippen LogP contribution in [0.25, 0.3) is 16.8 Å². The van der Waals surface area contributed by atoms with E-state index in [2.05, 4.69) is 36.5 Å². The van der Waals surface area contributed by atoms with Gasteiger partial charge in [-0.3, -0.25) is 0 Å². The molecule has 1 atom stereocenters. The van der Waals surface area contributed by atoms with Gasteiger partial charge in [-0.05, 0) is 41.0 Å². The second-order valence-electron chi connectivity index (χ2n) is 7.23. The summed E-state index contributed by atoms with van der Waals surface area (Å²) in [7, 11) is 0. The van der Waals surface area contributed by atoms with Gasteiger partial charge in [0.25, 0.3) is 0 Å². The van der Waals surface area contributed by atoms with Crippen LogP contribution in [0.5, 0.6) is 0 Å². The molecule has 0 aliphatic heterocycles. The number of hydrogen-bond donors (Lipinski definition) is 3. The summed E-state index contributed by atoms with van der Waals surface area (Å²) in [5, 5.41) is 21.4. The predicted octanol–water partition coefficient (Wildman–Crippen LogP) is 6.96. The number of hydrogen-bond acceptors (Lipinski definition) is 3. The topological polar surface area (TPSA) is 86.6 Å². The molecule has 0 aromatic heterocycles. The van der Waals surface area contributed by atoms with E-state index in [1.54, 1.807) is 12.1 Å². The summed E-state index contributed by atoms with van der Waals surface area (Å²) in [6, 6.07) is 19.9. The van der Waals surface area contributed by atoms with Gasteiger partial charge in [-0.15, -0.1) is 0 Å². The third kappa shape index (κ3) is 10.6. The molecule has 0 spiro atoms. The Hall–Kier alpha value is -3.91. The van der Waals surface area contributed by atoms with Crippen molar-refractivity contribution in [3.63, 3.8) is 0 Å². The second kappa shape index (κ2) is 15.2. The first-order valence-electron chi connectivity index (χ1n) is 11.3. The van der Waals surface area contributed by atoms with Gasteiger partial charge in [-0.1, -0.05) is 80.6 Å². The Bertz CT molecular complexity index is 1170. The van der Waals surface area contributed by atoms with Crippen molar-refractivity contribution in [2.75, 3.05) is 6.54 Å². The molecule has 5 nitrogen and oxygen atoms in total. The highest BCUT2D eigenvalue weighted by Crippen LogP contribution is 2.29. The molecule has 3 aromatic carbocycles. The molecule has 36 heavy (non-hydrogen) atoms. The highest BCUT2D eigenvalue weighted by Gasteiger charge is 2.30. The van der Waals surface area contributed by atoms with Crippen LogP contribution >= 0.6 is 0 Å². The van der Waals surface area contributed by atoms with Crippen LogP contribution in [-0.4, -0.2) is 28.7 Å². The van der Waals surface area contributed by atoms with E-state index in [0.717, 1.165) is 12.1 Å². The smallest absolute Gasteiger partial charge is 0.416 e. The van der Waals surface area contributed by atoms with Crippen molar-refractivity contribution in [2.24, 2.45) is 0 Å². The molecule has 3 aromatic rings. The van der Waals surface area contributed by atoms with Crippen LogP contribution in [0.1, 0.15) is 43.5 Å². The lowest BCUT2D eigenvalue weighted by molar-refractivity contribution is -0.137. The highest BCUT2D eigenvalue weighted by atomic mass is 19.4. The number of halogens is 3. The largest absolute Gasteiger partial charge is 0.478 e. The van der Waals surface area contributed by atoms with E-state index in [0.29, 0.717) is 24.3 Å². The summed E-state index contributed by atoms with van der Waals surface area (Å²) in [6.45, 7) is 6.65. The van der Waals surface area contributed by atoms with Crippen molar-refractivity contribution in [3.8, 4) is 0 Å². The molecule has 0 radical (unpaired) electrons. The first-order valence-corrected chi connectivity index (χ1v) is 11.3. The predicted molar refractivity (Wildman–Crippen MR) is 137 cm³/mol. The number of fused-ring (bicyclic) bond motifs is 1. The van der Waals surface area contributed by atoms with Crippen molar-refractivity contribution in [1.29, 1.82) is 0 Å². The zero-order valence-electron chi connectivity index (χ0n) is 20.3. The first-order chi connectivity index (χ1) is 17.1. The zero-order valence-corrected chi connectivity index (χ0v) is 20.3. The number of rotatable bonds is 7. The Morgan fingerprint density at radius 3 is 2.11 bits per heavy atom. The lowest BCUT2D eigenvalue weighted by Crippen LogP contribution is -2.18. The van der Waals surface area contributed by atoms with E-state index in [-0.39, 0.29) is 6.04 Å². The molecular weight excluding hydrogens is 471 g/mol. The van der Waals surface area contributed by atoms with Crippen LogP contribution in [0.3, 0.4) is 0 Å². The molecule has 3 N–H and O–H groups in total. The molecule has 8 heteroatoms. The monoisotopic (exact) mass is 501 g/mol. The van der Waals surface area contributed by atoms with Gasteiger partial charge in [0.05, 0.1) is 5.56 Å². The quantitative estimate of drug-likeness (QED) is 0.305. The standard InChI is InChI=1S/C22H20F3N.C4H4O4.C2H6/c1-16(20-13-5-10-18-9-2-3-12-21(18)20)26-14-6-8-17-7-4-11-19(15-17)22(23,24)25;5-3(6)1-2-4(7)8;1-2/h2-13,15-16,26H,14H2,1H3;1-2H,(H,5,6)(H,7,8);1-2H3/b8-6+;2-1+;. The van der Waals surface area contributed by atoms with Gasteiger partial charge in [0.15, 0.2) is 0 Å². The number of aliphatic carboxylic acids is 2. The molecule has 0 bridgehead atoms. The molecule has 0 fully saturated rings. The average molecular weight is 502 g/mol. The van der Waals surface area contributed by atoms with Gasteiger partial charge in [-0.25, -0.2) is 9.59 Å². The summed E-state index contributed by atoms with van der Waals surface area (Å²) in [5.74, 6) is -2.51. The first kappa shape index (κ1) is 30.1. The SMILES string of the molecule is CC.CC(NC/C=C/c1cccc(C(F)(F)F)c1)c1cccc2ccccc12.O=C(O)/C=C/C(=O)O. The van der Waals surface area contributed by atoms with Crippen LogP contribution in [0.4, 0.5) is 13.2 Å². The van der Waals surface area contributed by atoms with Gasteiger partial charge in [0, 0.05) is 24.7 Å². The van der Waals surface area contributed by atoms with Crippen molar-refractivity contribution in [2.45, 2.75) is 33.0 Å². The van der Waals surface area contributed by atoms with Crippen LogP contribution in [0.15, 0.2) is 85.0 Å². The summed E-state index contributed by atoms with van der Waals surface area (Å²) in [5.41, 5.74) is 1.12. The van der Waals surface area contributed by atoms with Gasteiger partial charge in [0.1, 0.15) is 0 Å². The van der Waals surface area contributed by atoms with Crippen molar-refractivity contribution >= 4 is 28.8 Å². The lowest BCUT2D eigenvalue weighted by Gasteiger charge is -2.15. The second-order valence-corrected chi connectivity index (χ2v) is 7.23. The number of carbonyl (C=O) groups is 2. The van der Waals surface area contributed by atoms with E-state index in [1.165, 1.54) is 22.4 Å². The Balaban J connectivity index is 0.000000554. The van der Waals surface area contributed by atoms with Gasteiger partial charge in [-0.2, -0.15) is 13.2 Å². The number of carboxylic acids is 2. The third-order valence-corrected chi connectivity index (χ3v) is 4.72. The summed E-state index contributed by atoms with van der Waals surface area (Å²) < 4.78 is 38.2. The molecule has 0 saturated carbocycles. The molecule has 0 amide bonds. The Morgan fingerprint density at radius 2 is 1.50 bits per heavy atom. The Kier molecular flexibility index (Phi) is 12.7. The normalized spacial score (nSPS) is 11.9. The van der Waals surface area contributed by atoms with E-state index in [9.17, 15) is 22.8 Å². The van der Waals surface area contributed by atoms with Crippen molar-refractivity contribution < 1.29 is 33.0 Å². The maximum absolute atomic E-state index is 12.7.